The van der Waals surface area contributed by atoms with Crippen molar-refractivity contribution in [3.8, 4) is 0 Å². The summed E-state index contributed by atoms with van der Waals surface area (Å²) in [7, 11) is 1.65. The number of carbonyl (C=O) groups excluding carboxylic acids is 1. The van der Waals surface area contributed by atoms with Gasteiger partial charge in [0.2, 0.25) is 0 Å². The highest BCUT2D eigenvalue weighted by atomic mass is 35.5. The number of carboxylic acid groups (broad SMARTS) is 1. The first-order valence-corrected chi connectivity index (χ1v) is 6.53. The molecule has 1 aliphatic rings. The number of furan rings is 1. The molecule has 1 heterocycles. The van der Waals surface area contributed by atoms with Crippen LogP contribution in [-0.4, -0.2) is 29.9 Å². The molecule has 1 fully saturated rings. The molecule has 0 bridgehead atoms. The van der Waals surface area contributed by atoms with E-state index in [0.29, 0.717) is 16.2 Å². The van der Waals surface area contributed by atoms with Gasteiger partial charge in [-0.1, -0.05) is 11.6 Å². The van der Waals surface area contributed by atoms with E-state index in [2.05, 4.69) is 5.32 Å². The molecule has 2 N–H and O–H groups in total. The predicted molar refractivity (Wildman–Crippen MR) is 73.0 cm³/mol. The van der Waals surface area contributed by atoms with Gasteiger partial charge in [-0.3, -0.25) is 9.59 Å². The van der Waals surface area contributed by atoms with Crippen LogP contribution in [0.1, 0.15) is 10.4 Å². The summed E-state index contributed by atoms with van der Waals surface area (Å²) in [5.74, 6) is -2.39. The molecule has 0 amide bonds. The van der Waals surface area contributed by atoms with Gasteiger partial charge in [0, 0.05) is 17.0 Å². The maximum absolute atomic E-state index is 12.4. The fourth-order valence-electron chi connectivity index (χ4n) is 2.68. The Kier molecular flexibility index (Phi) is 3.03. The zero-order valence-electron chi connectivity index (χ0n) is 10.6. The summed E-state index contributed by atoms with van der Waals surface area (Å²) >= 11 is 6.06. The van der Waals surface area contributed by atoms with Gasteiger partial charge < -0.3 is 14.8 Å². The summed E-state index contributed by atoms with van der Waals surface area (Å²) in [4.78, 5) is 23.5. The lowest BCUT2D eigenvalue weighted by Crippen LogP contribution is -2.16. The molecule has 0 radical (unpaired) electrons. The van der Waals surface area contributed by atoms with Crippen LogP contribution in [0.25, 0.3) is 11.0 Å². The van der Waals surface area contributed by atoms with Gasteiger partial charge in [-0.25, -0.2) is 0 Å². The Morgan fingerprint density at radius 2 is 2.10 bits per heavy atom. The standard InChI is InChI=1S/C14H12ClNO4/c1-16-11-9(10(11)14(18)19)12(17)7-4-6-2-3-20-13(6)8(15)5-7/h2-5,9-11,16H,1H3,(H,18,19)/t9-,10-,11?/m1/s1. The van der Waals surface area contributed by atoms with E-state index in [1.807, 2.05) is 0 Å². The van der Waals surface area contributed by atoms with Crippen LogP contribution in [0.4, 0.5) is 0 Å². The van der Waals surface area contributed by atoms with Crippen molar-refractivity contribution in [3.05, 3.63) is 35.0 Å². The lowest BCUT2D eigenvalue weighted by molar-refractivity contribution is -0.138. The quantitative estimate of drug-likeness (QED) is 0.845. The molecule has 1 unspecified atom stereocenters. The summed E-state index contributed by atoms with van der Waals surface area (Å²) in [5.41, 5.74) is 0.942. The van der Waals surface area contributed by atoms with E-state index in [9.17, 15) is 9.59 Å². The number of benzene rings is 1. The molecule has 0 spiro atoms. The third-order valence-corrected chi connectivity index (χ3v) is 4.01. The minimum Gasteiger partial charge on any atom is -0.481 e. The van der Waals surface area contributed by atoms with E-state index in [1.54, 1.807) is 19.2 Å². The van der Waals surface area contributed by atoms with Gasteiger partial charge in [-0.05, 0) is 25.2 Å². The van der Waals surface area contributed by atoms with Gasteiger partial charge in [0.1, 0.15) is 0 Å². The molecular weight excluding hydrogens is 282 g/mol. The van der Waals surface area contributed by atoms with E-state index >= 15 is 0 Å². The van der Waals surface area contributed by atoms with Crippen molar-refractivity contribution in [2.45, 2.75) is 6.04 Å². The van der Waals surface area contributed by atoms with Gasteiger partial charge >= 0.3 is 5.97 Å². The zero-order chi connectivity index (χ0) is 14.4. The lowest BCUT2D eigenvalue weighted by Gasteiger charge is -2.02. The zero-order valence-corrected chi connectivity index (χ0v) is 11.3. The van der Waals surface area contributed by atoms with Crippen LogP contribution in [0.5, 0.6) is 0 Å². The Bertz CT molecular complexity index is 708. The summed E-state index contributed by atoms with van der Waals surface area (Å²) in [6.45, 7) is 0. The van der Waals surface area contributed by atoms with E-state index in [4.69, 9.17) is 21.1 Å². The molecule has 104 valence electrons. The number of ketones is 1. The number of aliphatic carboxylic acids is 1. The van der Waals surface area contributed by atoms with Crippen molar-refractivity contribution in [1.29, 1.82) is 0 Å². The molecule has 5 nitrogen and oxygen atoms in total. The number of Topliss-reactive ketones (excluding diaryl/α,β-unsaturated/α-hetero) is 1. The van der Waals surface area contributed by atoms with Crippen molar-refractivity contribution in [2.75, 3.05) is 7.05 Å². The first kappa shape index (κ1) is 13.1. The Hall–Kier alpha value is -1.85. The molecule has 2 aromatic rings. The summed E-state index contributed by atoms with van der Waals surface area (Å²) in [5, 5.41) is 13.0. The Morgan fingerprint density at radius 1 is 1.35 bits per heavy atom. The number of fused-ring (bicyclic) bond motifs is 1. The number of carbonyl (C=O) groups is 2. The average Bonchev–Trinajstić information content (AvgIpc) is 2.97. The molecule has 1 aromatic heterocycles. The second kappa shape index (κ2) is 4.61. The topological polar surface area (TPSA) is 79.5 Å². The molecule has 3 rings (SSSR count). The fraction of sp³-hybridized carbons (Fsp3) is 0.286. The highest BCUT2D eigenvalue weighted by molar-refractivity contribution is 6.35. The van der Waals surface area contributed by atoms with Crippen molar-refractivity contribution in [2.24, 2.45) is 11.8 Å². The SMILES string of the molecule is CNC1[C@H](C(=O)O)[C@H]1C(=O)c1cc(Cl)c2occc2c1. The van der Waals surface area contributed by atoms with Gasteiger partial charge in [-0.15, -0.1) is 0 Å². The Labute approximate surface area is 119 Å². The predicted octanol–water partition coefficient (Wildman–Crippen LogP) is 2.19. The van der Waals surface area contributed by atoms with E-state index in [-0.39, 0.29) is 11.8 Å². The van der Waals surface area contributed by atoms with Crippen LogP contribution in [-0.2, 0) is 4.79 Å². The van der Waals surface area contributed by atoms with Gasteiger partial charge in [0.25, 0.3) is 0 Å². The molecule has 1 aliphatic carbocycles. The highest BCUT2D eigenvalue weighted by Crippen LogP contribution is 2.42. The number of rotatable bonds is 4. The van der Waals surface area contributed by atoms with Crippen LogP contribution in [0.3, 0.4) is 0 Å². The Morgan fingerprint density at radius 3 is 2.70 bits per heavy atom. The van der Waals surface area contributed by atoms with Crippen molar-refractivity contribution in [3.63, 3.8) is 0 Å². The van der Waals surface area contributed by atoms with Crippen molar-refractivity contribution >= 4 is 34.3 Å². The van der Waals surface area contributed by atoms with Crippen molar-refractivity contribution in [1.82, 2.24) is 5.32 Å². The minimum atomic E-state index is -0.960. The molecule has 0 aliphatic heterocycles. The first-order valence-electron chi connectivity index (χ1n) is 6.15. The van der Waals surface area contributed by atoms with E-state index in [0.717, 1.165) is 5.39 Å². The fourth-order valence-corrected chi connectivity index (χ4v) is 2.95. The maximum atomic E-state index is 12.4. The monoisotopic (exact) mass is 293 g/mol. The lowest BCUT2D eigenvalue weighted by atomic mass is 10.0. The van der Waals surface area contributed by atoms with E-state index < -0.39 is 17.8 Å². The third kappa shape index (κ3) is 1.90. The van der Waals surface area contributed by atoms with Crippen LogP contribution in [0.15, 0.2) is 28.9 Å². The van der Waals surface area contributed by atoms with Crippen LogP contribution in [0, 0.1) is 11.8 Å². The normalized spacial score (nSPS) is 24.8. The molecule has 20 heavy (non-hydrogen) atoms. The summed E-state index contributed by atoms with van der Waals surface area (Å²) < 4.78 is 5.21. The Balaban J connectivity index is 1.95. The van der Waals surface area contributed by atoms with E-state index in [1.165, 1.54) is 12.3 Å². The highest BCUT2D eigenvalue weighted by Gasteiger charge is 2.58. The number of carboxylic acids is 1. The molecule has 0 saturated heterocycles. The van der Waals surface area contributed by atoms with Crippen LogP contribution >= 0.6 is 11.6 Å². The number of nitrogens with one attached hydrogen (secondary N) is 1. The molecule has 1 saturated carbocycles. The second-order valence-corrected chi connectivity index (χ2v) is 5.27. The van der Waals surface area contributed by atoms with Crippen LogP contribution < -0.4 is 5.32 Å². The third-order valence-electron chi connectivity index (χ3n) is 3.73. The van der Waals surface area contributed by atoms with Crippen molar-refractivity contribution < 1.29 is 19.1 Å². The second-order valence-electron chi connectivity index (χ2n) is 4.87. The maximum Gasteiger partial charge on any atom is 0.308 e. The number of hydrogen-bond donors (Lipinski definition) is 2. The smallest absolute Gasteiger partial charge is 0.308 e. The molecular formula is C14H12ClNO4. The molecule has 1 aromatic carbocycles. The first-order chi connectivity index (χ1) is 9.54. The van der Waals surface area contributed by atoms with Gasteiger partial charge in [-0.2, -0.15) is 0 Å². The van der Waals surface area contributed by atoms with Gasteiger partial charge in [0.05, 0.1) is 23.1 Å². The summed E-state index contributed by atoms with van der Waals surface area (Å²) in [6.07, 6.45) is 1.50. The molecule has 6 heteroatoms. The number of hydrogen-bond acceptors (Lipinski definition) is 4. The molecule has 3 atom stereocenters. The largest absolute Gasteiger partial charge is 0.481 e. The van der Waals surface area contributed by atoms with Gasteiger partial charge in [0.15, 0.2) is 11.4 Å². The van der Waals surface area contributed by atoms with Crippen LogP contribution in [0.2, 0.25) is 5.02 Å². The average molecular weight is 294 g/mol. The minimum absolute atomic E-state index is 0.207. The summed E-state index contributed by atoms with van der Waals surface area (Å²) in [6, 6.07) is 4.60. The number of halogens is 1.